The maximum atomic E-state index is 11.5. The van der Waals surface area contributed by atoms with Crippen molar-refractivity contribution < 1.29 is 4.79 Å². The summed E-state index contributed by atoms with van der Waals surface area (Å²) in [5.41, 5.74) is 3.14. The second-order valence-corrected chi connectivity index (χ2v) is 6.61. The second-order valence-electron chi connectivity index (χ2n) is 4.10. The Morgan fingerprint density at radius 1 is 1.56 bits per heavy atom. The fourth-order valence-electron chi connectivity index (χ4n) is 1.58. The van der Waals surface area contributed by atoms with Crippen LogP contribution < -0.4 is 5.32 Å². The molecule has 1 atom stereocenters. The molecule has 0 aliphatic carbocycles. The minimum absolute atomic E-state index is 0.231. The maximum Gasteiger partial charge on any atom is 0.243 e. The first-order valence-electron chi connectivity index (χ1n) is 5.41. The summed E-state index contributed by atoms with van der Waals surface area (Å²) in [5.74, 6) is -0.231. The molecule has 96 valence electrons. The number of nitrogens with one attached hydrogen (secondary N) is 1. The van der Waals surface area contributed by atoms with Crippen LogP contribution >= 0.6 is 38.9 Å². The van der Waals surface area contributed by atoms with E-state index in [0.29, 0.717) is 5.13 Å². The van der Waals surface area contributed by atoms with E-state index in [2.05, 4.69) is 26.2 Å². The van der Waals surface area contributed by atoms with Crippen molar-refractivity contribution in [3.8, 4) is 0 Å². The van der Waals surface area contributed by atoms with E-state index in [0.717, 1.165) is 25.8 Å². The van der Waals surface area contributed by atoms with Crippen molar-refractivity contribution in [2.24, 2.45) is 0 Å². The van der Waals surface area contributed by atoms with Crippen LogP contribution in [0.25, 0.3) is 10.2 Å². The fraction of sp³-hybridized carbons (Fsp3) is 0.333. The van der Waals surface area contributed by atoms with Gasteiger partial charge in [0.1, 0.15) is 5.38 Å². The predicted molar refractivity (Wildman–Crippen MR) is 80.7 cm³/mol. The molecule has 0 bridgehead atoms. The number of anilines is 1. The number of carbonyl (C=O) groups is 1. The average Bonchev–Trinajstić information content (AvgIpc) is 2.70. The molecule has 1 aromatic heterocycles. The van der Waals surface area contributed by atoms with Crippen LogP contribution in [0.15, 0.2) is 10.5 Å². The van der Waals surface area contributed by atoms with Crippen molar-refractivity contribution >= 4 is 60.1 Å². The summed E-state index contributed by atoms with van der Waals surface area (Å²) in [4.78, 5) is 16.0. The van der Waals surface area contributed by atoms with Crippen molar-refractivity contribution in [1.82, 2.24) is 4.98 Å². The zero-order chi connectivity index (χ0) is 13.4. The third-order valence-electron chi connectivity index (χ3n) is 2.63. The maximum absolute atomic E-state index is 11.5. The highest BCUT2D eigenvalue weighted by molar-refractivity contribution is 9.10. The lowest BCUT2D eigenvalue weighted by Crippen LogP contribution is -2.19. The second kappa shape index (κ2) is 5.15. The summed E-state index contributed by atoms with van der Waals surface area (Å²) in [6.45, 7) is 5.67. The van der Waals surface area contributed by atoms with Crippen LogP contribution in [-0.4, -0.2) is 16.3 Å². The molecule has 18 heavy (non-hydrogen) atoms. The zero-order valence-electron chi connectivity index (χ0n) is 10.2. The molecule has 1 aromatic carbocycles. The molecule has 1 heterocycles. The van der Waals surface area contributed by atoms with E-state index in [1.54, 1.807) is 6.92 Å². The molecule has 2 rings (SSSR count). The van der Waals surface area contributed by atoms with Gasteiger partial charge in [-0.15, -0.1) is 11.6 Å². The van der Waals surface area contributed by atoms with Gasteiger partial charge >= 0.3 is 0 Å². The molecule has 3 nitrogen and oxygen atoms in total. The molecule has 0 saturated heterocycles. The van der Waals surface area contributed by atoms with Gasteiger partial charge in [0.25, 0.3) is 0 Å². The first-order valence-corrected chi connectivity index (χ1v) is 7.46. The van der Waals surface area contributed by atoms with Crippen LogP contribution in [0.5, 0.6) is 0 Å². The Morgan fingerprint density at radius 2 is 2.22 bits per heavy atom. The quantitative estimate of drug-likeness (QED) is 0.826. The summed E-state index contributed by atoms with van der Waals surface area (Å²) >= 11 is 10.7. The molecule has 0 spiro atoms. The topological polar surface area (TPSA) is 42.0 Å². The van der Waals surface area contributed by atoms with Gasteiger partial charge in [0, 0.05) is 4.47 Å². The number of thiazole rings is 1. The highest BCUT2D eigenvalue weighted by Crippen LogP contribution is 2.35. The lowest BCUT2D eigenvalue weighted by molar-refractivity contribution is -0.115. The van der Waals surface area contributed by atoms with E-state index in [1.807, 2.05) is 19.9 Å². The van der Waals surface area contributed by atoms with Crippen LogP contribution in [0.4, 0.5) is 5.13 Å². The van der Waals surface area contributed by atoms with Crippen molar-refractivity contribution in [1.29, 1.82) is 0 Å². The first-order chi connectivity index (χ1) is 8.40. The number of halogens is 2. The van der Waals surface area contributed by atoms with Crippen LogP contribution in [-0.2, 0) is 4.79 Å². The summed E-state index contributed by atoms with van der Waals surface area (Å²) in [5, 5.41) is 2.75. The van der Waals surface area contributed by atoms with E-state index in [9.17, 15) is 4.79 Å². The Morgan fingerprint density at radius 3 is 2.83 bits per heavy atom. The molecule has 0 radical (unpaired) electrons. The number of alkyl halides is 1. The zero-order valence-corrected chi connectivity index (χ0v) is 13.3. The fourth-order valence-corrected chi connectivity index (χ4v) is 3.35. The van der Waals surface area contributed by atoms with Crippen LogP contribution in [0.2, 0.25) is 0 Å². The lowest BCUT2D eigenvalue weighted by Gasteiger charge is -2.01. The molecule has 1 N–H and O–H groups in total. The molecule has 1 amide bonds. The van der Waals surface area contributed by atoms with Crippen LogP contribution in [0.3, 0.4) is 0 Å². The van der Waals surface area contributed by atoms with E-state index < -0.39 is 5.38 Å². The molecule has 0 unspecified atom stereocenters. The number of nitrogens with zero attached hydrogens (tertiary/aromatic N) is 1. The summed E-state index contributed by atoms with van der Waals surface area (Å²) in [6.07, 6.45) is 0. The number of amides is 1. The molecular formula is C12H12BrClN2OS. The van der Waals surface area contributed by atoms with E-state index in [4.69, 9.17) is 11.6 Å². The predicted octanol–water partition coefficient (Wildman–Crippen LogP) is 4.24. The normalized spacial score (nSPS) is 12.7. The minimum Gasteiger partial charge on any atom is -0.301 e. The third-order valence-corrected chi connectivity index (χ3v) is 4.75. The first kappa shape index (κ1) is 13.8. The third kappa shape index (κ3) is 2.53. The number of aryl methyl sites for hydroxylation is 2. The van der Waals surface area contributed by atoms with Gasteiger partial charge in [-0.05, 0) is 38.0 Å². The average molecular weight is 348 g/mol. The number of aromatic nitrogens is 1. The standard InChI is InChI=1S/C12H12BrClN2OS/c1-5-4-8(13)6(2)10-9(5)15-12(18-10)16-11(17)7(3)14/h4,7H,1-3H3,(H,15,16,17)/t7-/m0/s1. The lowest BCUT2D eigenvalue weighted by atomic mass is 10.1. The van der Waals surface area contributed by atoms with E-state index >= 15 is 0 Å². The number of fused-ring (bicyclic) bond motifs is 1. The van der Waals surface area contributed by atoms with Crippen molar-refractivity contribution in [2.75, 3.05) is 5.32 Å². The Bertz CT molecular complexity index is 624. The molecule has 0 aliphatic heterocycles. The summed E-state index contributed by atoms with van der Waals surface area (Å²) < 4.78 is 2.14. The van der Waals surface area contributed by atoms with Gasteiger partial charge in [-0.2, -0.15) is 0 Å². The van der Waals surface area contributed by atoms with E-state index in [1.165, 1.54) is 11.3 Å². The molecule has 0 saturated carbocycles. The monoisotopic (exact) mass is 346 g/mol. The molecular weight excluding hydrogens is 336 g/mol. The van der Waals surface area contributed by atoms with Crippen molar-refractivity contribution in [2.45, 2.75) is 26.1 Å². The van der Waals surface area contributed by atoms with Gasteiger partial charge in [-0.1, -0.05) is 27.3 Å². The largest absolute Gasteiger partial charge is 0.301 e. The highest BCUT2D eigenvalue weighted by atomic mass is 79.9. The Hall–Kier alpha value is -0.650. The van der Waals surface area contributed by atoms with Gasteiger partial charge < -0.3 is 5.32 Å². The van der Waals surface area contributed by atoms with Crippen LogP contribution in [0, 0.1) is 13.8 Å². The van der Waals surface area contributed by atoms with Crippen molar-refractivity contribution in [3.63, 3.8) is 0 Å². The number of rotatable bonds is 2. The Kier molecular flexibility index (Phi) is 3.94. The number of benzene rings is 1. The smallest absolute Gasteiger partial charge is 0.243 e. The molecule has 0 fully saturated rings. The van der Waals surface area contributed by atoms with Gasteiger partial charge in [-0.25, -0.2) is 4.98 Å². The number of carbonyl (C=O) groups excluding carboxylic acids is 1. The molecule has 2 aromatic rings. The Balaban J connectivity index is 2.48. The molecule has 0 aliphatic rings. The van der Waals surface area contributed by atoms with Gasteiger partial charge in [0.2, 0.25) is 5.91 Å². The van der Waals surface area contributed by atoms with Gasteiger partial charge in [0.15, 0.2) is 5.13 Å². The van der Waals surface area contributed by atoms with Gasteiger partial charge in [-0.3, -0.25) is 4.79 Å². The van der Waals surface area contributed by atoms with Crippen molar-refractivity contribution in [3.05, 3.63) is 21.7 Å². The Labute approximate surface area is 123 Å². The number of hydrogen-bond acceptors (Lipinski definition) is 3. The minimum atomic E-state index is -0.564. The van der Waals surface area contributed by atoms with E-state index in [-0.39, 0.29) is 5.91 Å². The summed E-state index contributed by atoms with van der Waals surface area (Å²) in [6, 6.07) is 2.03. The summed E-state index contributed by atoms with van der Waals surface area (Å²) in [7, 11) is 0. The number of hydrogen-bond donors (Lipinski definition) is 1. The molecule has 6 heteroatoms. The SMILES string of the molecule is Cc1cc(Br)c(C)c2sc(NC(=O)[C@H](C)Cl)nc12. The van der Waals surface area contributed by atoms with Gasteiger partial charge in [0.05, 0.1) is 10.2 Å². The van der Waals surface area contributed by atoms with Crippen LogP contribution in [0.1, 0.15) is 18.1 Å². The highest BCUT2D eigenvalue weighted by Gasteiger charge is 2.15.